The van der Waals surface area contributed by atoms with Crippen LogP contribution in [0.5, 0.6) is 11.5 Å². The van der Waals surface area contributed by atoms with Crippen molar-refractivity contribution in [2.75, 3.05) is 12.0 Å². The fourth-order valence-corrected chi connectivity index (χ4v) is 3.99. The molecule has 1 aliphatic rings. The standard InChI is InChI=1S/C25H25NO5/c1-4-15(2)31-23-19-8-6-5-7-18(19)22(30-3)20-21(23)25(29)26(24(20)28)17-11-9-16(10-12-17)13-14-27/h5-12,14-15,24,28H,4,13H2,1-3H3. The van der Waals surface area contributed by atoms with Crippen molar-refractivity contribution in [2.24, 2.45) is 0 Å². The Hall–Kier alpha value is -3.38. The van der Waals surface area contributed by atoms with Crippen LogP contribution in [-0.2, 0) is 11.2 Å². The van der Waals surface area contributed by atoms with Gasteiger partial charge in [-0.15, -0.1) is 0 Å². The van der Waals surface area contributed by atoms with Crippen LogP contribution in [0.15, 0.2) is 48.5 Å². The number of methoxy groups -OCH3 is 1. The van der Waals surface area contributed by atoms with E-state index in [9.17, 15) is 14.7 Å². The number of aliphatic hydroxyl groups excluding tert-OH is 1. The summed E-state index contributed by atoms with van der Waals surface area (Å²) in [4.78, 5) is 25.7. The number of nitrogens with zero attached hydrogens (tertiary/aromatic N) is 1. The van der Waals surface area contributed by atoms with E-state index in [0.29, 0.717) is 34.7 Å². The molecule has 0 radical (unpaired) electrons. The molecule has 4 rings (SSSR count). The van der Waals surface area contributed by atoms with Gasteiger partial charge in [0.2, 0.25) is 0 Å². The Labute approximate surface area is 181 Å². The SMILES string of the molecule is CCC(C)Oc1c2c(c(OC)c3ccccc13)C(O)N(c1ccc(CC=O)cc1)C2=O. The van der Waals surface area contributed by atoms with Gasteiger partial charge in [0.25, 0.3) is 5.91 Å². The Bertz CT molecular complexity index is 1140. The van der Waals surface area contributed by atoms with Crippen molar-refractivity contribution in [1.29, 1.82) is 0 Å². The Morgan fingerprint density at radius 1 is 1.10 bits per heavy atom. The third-order valence-electron chi connectivity index (χ3n) is 5.72. The molecular formula is C25H25NO5. The second-order valence-corrected chi connectivity index (χ2v) is 7.62. The van der Waals surface area contributed by atoms with Gasteiger partial charge in [0.1, 0.15) is 17.8 Å². The van der Waals surface area contributed by atoms with E-state index < -0.39 is 6.23 Å². The molecule has 160 valence electrons. The zero-order chi connectivity index (χ0) is 22.1. The number of hydrogen-bond donors (Lipinski definition) is 1. The summed E-state index contributed by atoms with van der Waals surface area (Å²) in [5.41, 5.74) is 2.09. The lowest BCUT2D eigenvalue weighted by atomic mass is 9.98. The molecule has 0 aromatic heterocycles. The highest BCUT2D eigenvalue weighted by molar-refractivity contribution is 6.17. The maximum absolute atomic E-state index is 13.6. The summed E-state index contributed by atoms with van der Waals surface area (Å²) in [7, 11) is 1.53. The minimum absolute atomic E-state index is 0.109. The van der Waals surface area contributed by atoms with Crippen molar-refractivity contribution >= 4 is 28.7 Å². The van der Waals surface area contributed by atoms with Crippen molar-refractivity contribution in [2.45, 2.75) is 39.0 Å². The number of amides is 1. The summed E-state index contributed by atoms with van der Waals surface area (Å²) in [6, 6.07) is 14.6. The minimum atomic E-state index is -1.22. The number of rotatable bonds is 7. The van der Waals surface area contributed by atoms with E-state index in [1.165, 1.54) is 12.0 Å². The number of aliphatic hydroxyl groups is 1. The molecule has 1 aliphatic heterocycles. The number of carbonyl (C=O) groups is 2. The maximum Gasteiger partial charge on any atom is 0.265 e. The summed E-state index contributed by atoms with van der Waals surface area (Å²) < 4.78 is 11.9. The summed E-state index contributed by atoms with van der Waals surface area (Å²) in [5, 5.41) is 12.8. The molecule has 0 saturated carbocycles. The Morgan fingerprint density at radius 2 is 1.74 bits per heavy atom. The highest BCUT2D eigenvalue weighted by Crippen LogP contribution is 2.50. The van der Waals surface area contributed by atoms with Crippen molar-refractivity contribution in [3.05, 3.63) is 65.2 Å². The number of ether oxygens (including phenoxy) is 2. The van der Waals surface area contributed by atoms with Gasteiger partial charge in [-0.2, -0.15) is 0 Å². The number of aldehydes is 1. The molecule has 6 heteroatoms. The molecular weight excluding hydrogens is 394 g/mol. The lowest BCUT2D eigenvalue weighted by Gasteiger charge is -2.22. The largest absolute Gasteiger partial charge is 0.496 e. The number of benzene rings is 3. The van der Waals surface area contributed by atoms with Crippen LogP contribution in [0.1, 0.15) is 48.0 Å². The molecule has 0 spiro atoms. The van der Waals surface area contributed by atoms with E-state index in [2.05, 4.69) is 0 Å². The molecule has 1 heterocycles. The van der Waals surface area contributed by atoms with Gasteiger partial charge in [0, 0.05) is 22.9 Å². The lowest BCUT2D eigenvalue weighted by Crippen LogP contribution is -2.27. The van der Waals surface area contributed by atoms with Gasteiger partial charge in [-0.05, 0) is 31.0 Å². The third kappa shape index (κ3) is 3.43. The van der Waals surface area contributed by atoms with Gasteiger partial charge in [0.15, 0.2) is 6.23 Å². The van der Waals surface area contributed by atoms with E-state index in [4.69, 9.17) is 9.47 Å². The molecule has 0 saturated heterocycles. The summed E-state index contributed by atoms with van der Waals surface area (Å²) in [6.45, 7) is 3.96. The van der Waals surface area contributed by atoms with Gasteiger partial charge < -0.3 is 19.4 Å². The first kappa shape index (κ1) is 20.9. The van der Waals surface area contributed by atoms with Crippen molar-refractivity contribution in [3.63, 3.8) is 0 Å². The van der Waals surface area contributed by atoms with Crippen LogP contribution in [0.2, 0.25) is 0 Å². The molecule has 1 N–H and O–H groups in total. The lowest BCUT2D eigenvalue weighted by molar-refractivity contribution is -0.107. The van der Waals surface area contributed by atoms with E-state index in [0.717, 1.165) is 29.0 Å². The third-order valence-corrected chi connectivity index (χ3v) is 5.72. The predicted molar refractivity (Wildman–Crippen MR) is 119 cm³/mol. The van der Waals surface area contributed by atoms with Gasteiger partial charge in [-0.3, -0.25) is 9.69 Å². The second-order valence-electron chi connectivity index (χ2n) is 7.62. The number of fused-ring (bicyclic) bond motifs is 2. The fourth-order valence-electron chi connectivity index (χ4n) is 3.99. The molecule has 31 heavy (non-hydrogen) atoms. The van der Waals surface area contributed by atoms with Crippen LogP contribution in [0, 0.1) is 0 Å². The first-order valence-corrected chi connectivity index (χ1v) is 10.3. The molecule has 0 bridgehead atoms. The Kier molecular flexibility index (Phi) is 5.65. The van der Waals surface area contributed by atoms with E-state index >= 15 is 0 Å². The highest BCUT2D eigenvalue weighted by Gasteiger charge is 2.43. The van der Waals surface area contributed by atoms with Crippen LogP contribution in [0.3, 0.4) is 0 Å². The number of hydrogen-bond acceptors (Lipinski definition) is 5. The first-order valence-electron chi connectivity index (χ1n) is 10.3. The molecule has 6 nitrogen and oxygen atoms in total. The van der Waals surface area contributed by atoms with Crippen LogP contribution in [-0.4, -0.2) is 30.5 Å². The molecule has 2 unspecified atom stereocenters. The zero-order valence-electron chi connectivity index (χ0n) is 17.8. The molecule has 0 aliphatic carbocycles. The average molecular weight is 419 g/mol. The van der Waals surface area contributed by atoms with Crippen molar-refractivity contribution in [1.82, 2.24) is 0 Å². The fraction of sp³-hybridized carbons (Fsp3) is 0.280. The topological polar surface area (TPSA) is 76.1 Å². The van der Waals surface area contributed by atoms with Crippen LogP contribution >= 0.6 is 0 Å². The normalized spacial score (nSPS) is 16.3. The van der Waals surface area contributed by atoms with Crippen LogP contribution < -0.4 is 14.4 Å². The molecule has 2 atom stereocenters. The van der Waals surface area contributed by atoms with Crippen LogP contribution in [0.4, 0.5) is 5.69 Å². The van der Waals surface area contributed by atoms with Gasteiger partial charge >= 0.3 is 0 Å². The molecule has 1 amide bonds. The molecule has 0 fully saturated rings. The van der Waals surface area contributed by atoms with Gasteiger partial charge in [-0.25, -0.2) is 0 Å². The van der Waals surface area contributed by atoms with E-state index in [-0.39, 0.29) is 12.0 Å². The number of carbonyl (C=O) groups excluding carboxylic acids is 2. The quantitative estimate of drug-likeness (QED) is 0.574. The zero-order valence-corrected chi connectivity index (χ0v) is 17.8. The summed E-state index contributed by atoms with van der Waals surface area (Å²) >= 11 is 0. The van der Waals surface area contributed by atoms with Crippen molar-refractivity contribution < 1.29 is 24.2 Å². The minimum Gasteiger partial charge on any atom is -0.496 e. The summed E-state index contributed by atoms with van der Waals surface area (Å²) in [5.74, 6) is 0.570. The maximum atomic E-state index is 13.6. The smallest absolute Gasteiger partial charge is 0.265 e. The van der Waals surface area contributed by atoms with Gasteiger partial charge in [0.05, 0.1) is 24.3 Å². The van der Waals surface area contributed by atoms with E-state index in [1.54, 1.807) is 24.3 Å². The van der Waals surface area contributed by atoms with Crippen LogP contribution in [0.25, 0.3) is 10.8 Å². The van der Waals surface area contributed by atoms with Gasteiger partial charge in [-0.1, -0.05) is 43.3 Å². The Morgan fingerprint density at radius 3 is 2.32 bits per heavy atom. The average Bonchev–Trinajstić information content (AvgIpc) is 3.05. The predicted octanol–water partition coefficient (Wildman–Crippen LogP) is 4.42. The van der Waals surface area contributed by atoms with Crippen molar-refractivity contribution in [3.8, 4) is 11.5 Å². The molecule has 3 aromatic rings. The first-order chi connectivity index (χ1) is 15.0. The second kappa shape index (κ2) is 8.40. The monoisotopic (exact) mass is 419 g/mol. The number of anilines is 1. The van der Waals surface area contributed by atoms with E-state index in [1.807, 2.05) is 38.1 Å². The Balaban J connectivity index is 1.92. The summed E-state index contributed by atoms with van der Waals surface area (Å²) in [6.07, 6.45) is 0.563. The molecule has 3 aromatic carbocycles. The highest BCUT2D eigenvalue weighted by atomic mass is 16.5.